The van der Waals surface area contributed by atoms with Crippen molar-refractivity contribution in [3.63, 3.8) is 0 Å². The summed E-state index contributed by atoms with van der Waals surface area (Å²) in [7, 11) is -2.65. The van der Waals surface area contributed by atoms with E-state index in [4.69, 9.17) is 21.1 Å². The third-order valence-corrected chi connectivity index (χ3v) is 11.4. The molecule has 0 amide bonds. The number of ether oxygens (including phenoxy) is 2. The second kappa shape index (κ2) is 12.0. The number of sulfonamides is 1. The molecule has 3 unspecified atom stereocenters. The van der Waals surface area contributed by atoms with Crippen LogP contribution in [-0.4, -0.2) is 74.7 Å². The number of hydrogen-bond acceptors (Lipinski definition) is 10. The summed E-state index contributed by atoms with van der Waals surface area (Å²) in [4.78, 5) is 18.0. The van der Waals surface area contributed by atoms with Crippen LogP contribution in [0.5, 0.6) is 11.6 Å². The molecular weight excluding hydrogens is 638 g/mol. The second-order valence-corrected chi connectivity index (χ2v) is 14.4. The maximum Gasteiger partial charge on any atom is 0.281 e. The van der Waals surface area contributed by atoms with Crippen molar-refractivity contribution < 1.29 is 17.9 Å². The van der Waals surface area contributed by atoms with Gasteiger partial charge in [0.1, 0.15) is 10.9 Å². The second-order valence-electron chi connectivity index (χ2n) is 12.2. The first-order valence-corrected chi connectivity index (χ1v) is 17.3. The number of fused-ring (bicyclic) bond motifs is 2. The molecule has 4 aromatic rings. The number of nitrogens with zero attached hydrogens (tertiary/aromatic N) is 7. The van der Waals surface area contributed by atoms with E-state index in [2.05, 4.69) is 36.9 Å². The molecule has 2 saturated heterocycles. The minimum absolute atomic E-state index is 0.0311. The molecule has 1 aromatic carbocycles. The highest BCUT2D eigenvalue weighted by molar-refractivity contribution is 7.92. The molecule has 3 aliphatic rings. The van der Waals surface area contributed by atoms with Crippen LogP contribution in [0, 0.1) is 30.1 Å². The number of likely N-dealkylation sites (tertiary alicyclic amines) is 1. The van der Waals surface area contributed by atoms with Gasteiger partial charge in [0.05, 0.1) is 49.3 Å². The summed E-state index contributed by atoms with van der Waals surface area (Å²) in [6.45, 7) is 7.36. The van der Waals surface area contributed by atoms with Gasteiger partial charge < -0.3 is 14.4 Å². The topological polar surface area (TPSA) is 125 Å². The summed E-state index contributed by atoms with van der Waals surface area (Å²) >= 11 is 6.40. The van der Waals surface area contributed by atoms with Crippen LogP contribution < -0.4 is 18.7 Å². The highest BCUT2D eigenvalue weighted by Crippen LogP contribution is 2.54. The third kappa shape index (κ3) is 5.23. The van der Waals surface area contributed by atoms with Crippen LogP contribution in [0.4, 0.5) is 11.4 Å². The van der Waals surface area contributed by atoms with E-state index in [0.29, 0.717) is 65.5 Å². The first-order chi connectivity index (χ1) is 22.7. The van der Waals surface area contributed by atoms with Crippen molar-refractivity contribution in [3.05, 3.63) is 94.5 Å². The number of benzene rings is 1. The average Bonchev–Trinajstić information content (AvgIpc) is 3.76. The zero-order valence-electron chi connectivity index (χ0n) is 26.3. The van der Waals surface area contributed by atoms with E-state index in [1.165, 1.54) is 23.7 Å². The average molecular weight is 672 g/mol. The maximum atomic E-state index is 14.4. The number of rotatable bonds is 8. The van der Waals surface area contributed by atoms with E-state index in [9.17, 15) is 13.7 Å². The number of nitriles is 1. The van der Waals surface area contributed by atoms with E-state index in [-0.39, 0.29) is 16.7 Å². The van der Waals surface area contributed by atoms with Crippen molar-refractivity contribution in [2.24, 2.45) is 11.8 Å². The predicted molar refractivity (Wildman–Crippen MR) is 177 cm³/mol. The standard InChI is InChI=1S/C34H34ClN7O4S/c1-4-46-33-28(7-9-31(35)39-33)34(41-19-24-17-40(18-25(24)20-41)26-11-12-37-22(2)13-26)21-42(30-8-5-23(15-36)14-29(30)34)47(43,44)32-10-6-27(45-3)16-38-32/h5-14,16,24-25H,4,17-21H2,1-3H3. The Hall–Kier alpha value is -4.44. The van der Waals surface area contributed by atoms with Gasteiger partial charge in [-0.1, -0.05) is 11.6 Å². The fourth-order valence-corrected chi connectivity index (χ4v) is 8.96. The first-order valence-electron chi connectivity index (χ1n) is 15.5. The fraction of sp³-hybridized carbons (Fsp3) is 0.353. The van der Waals surface area contributed by atoms with Gasteiger partial charge in [-0.25, -0.2) is 9.97 Å². The highest BCUT2D eigenvalue weighted by Gasteiger charge is 2.57. The van der Waals surface area contributed by atoms with Crippen LogP contribution >= 0.6 is 11.6 Å². The zero-order chi connectivity index (χ0) is 32.9. The summed E-state index contributed by atoms with van der Waals surface area (Å²) in [6.07, 6.45) is 3.24. The molecule has 0 radical (unpaired) electrons. The molecule has 3 atom stereocenters. The lowest BCUT2D eigenvalue weighted by Gasteiger charge is -2.41. The normalized spacial score (nSPS) is 22.2. The molecule has 3 aromatic heterocycles. The monoisotopic (exact) mass is 671 g/mol. The molecular formula is C34H34ClN7O4S. The largest absolute Gasteiger partial charge is 0.495 e. The lowest BCUT2D eigenvalue weighted by molar-refractivity contribution is 0.157. The zero-order valence-corrected chi connectivity index (χ0v) is 27.9. The van der Waals surface area contributed by atoms with Gasteiger partial charge in [-0.05, 0) is 80.3 Å². The number of aryl methyl sites for hydroxylation is 1. The Bertz CT molecular complexity index is 1970. The van der Waals surface area contributed by atoms with E-state index in [0.717, 1.165) is 24.5 Å². The van der Waals surface area contributed by atoms with Gasteiger partial charge in [0, 0.05) is 54.9 Å². The summed E-state index contributed by atoms with van der Waals surface area (Å²) < 4.78 is 41.6. The SMILES string of the molecule is CCOc1nc(Cl)ccc1C1(N2CC3CN(c4ccnc(C)c4)CC3C2)CN(S(=O)(=O)c2ccc(OC)cn2)c2ccc(C#N)cc21. The number of pyridine rings is 3. The minimum atomic E-state index is -4.15. The lowest BCUT2D eigenvalue weighted by atomic mass is 9.82. The summed E-state index contributed by atoms with van der Waals surface area (Å²) in [5.41, 5.74) is 3.39. The Balaban J connectivity index is 1.36. The van der Waals surface area contributed by atoms with Crippen LogP contribution in [0.1, 0.15) is 29.3 Å². The number of halogens is 1. The molecule has 242 valence electrons. The van der Waals surface area contributed by atoms with Crippen LogP contribution in [0.2, 0.25) is 5.15 Å². The van der Waals surface area contributed by atoms with Crippen LogP contribution in [0.15, 0.2) is 72.0 Å². The summed E-state index contributed by atoms with van der Waals surface area (Å²) in [5.74, 6) is 1.44. The van der Waals surface area contributed by atoms with Gasteiger partial charge in [-0.3, -0.25) is 14.2 Å². The lowest BCUT2D eigenvalue weighted by Crippen LogP contribution is -2.51. The minimum Gasteiger partial charge on any atom is -0.495 e. The van der Waals surface area contributed by atoms with E-state index in [1.807, 2.05) is 32.2 Å². The molecule has 0 saturated carbocycles. The smallest absolute Gasteiger partial charge is 0.281 e. The van der Waals surface area contributed by atoms with Crippen LogP contribution in [0.25, 0.3) is 0 Å². The molecule has 11 nitrogen and oxygen atoms in total. The number of methoxy groups -OCH3 is 1. The molecule has 0 spiro atoms. The molecule has 47 heavy (non-hydrogen) atoms. The Kier molecular flexibility index (Phi) is 7.94. The van der Waals surface area contributed by atoms with Crippen molar-refractivity contribution in [1.29, 1.82) is 5.26 Å². The summed E-state index contributed by atoms with van der Waals surface area (Å²) in [6, 6.07) is 18.2. The molecule has 3 aliphatic heterocycles. The number of hydrogen-bond donors (Lipinski definition) is 0. The predicted octanol–water partition coefficient (Wildman–Crippen LogP) is 4.63. The molecule has 0 aliphatic carbocycles. The van der Waals surface area contributed by atoms with Crippen molar-refractivity contribution in [2.45, 2.75) is 24.4 Å². The number of aromatic nitrogens is 3. The van der Waals surface area contributed by atoms with Crippen molar-refractivity contribution in [2.75, 3.05) is 55.6 Å². The molecule has 7 rings (SSSR count). The van der Waals surface area contributed by atoms with Gasteiger partial charge in [0.15, 0.2) is 5.03 Å². The van der Waals surface area contributed by atoms with Gasteiger partial charge in [-0.2, -0.15) is 13.7 Å². The van der Waals surface area contributed by atoms with Crippen LogP contribution in [0.3, 0.4) is 0 Å². The Morgan fingerprint density at radius 1 is 1.02 bits per heavy atom. The quantitative estimate of drug-likeness (QED) is 0.245. The van der Waals surface area contributed by atoms with Crippen molar-refractivity contribution >= 4 is 33.0 Å². The van der Waals surface area contributed by atoms with Gasteiger partial charge >= 0.3 is 0 Å². The molecule has 2 fully saturated rings. The van der Waals surface area contributed by atoms with Gasteiger partial charge in [0.25, 0.3) is 10.0 Å². The molecule has 13 heteroatoms. The molecule has 6 heterocycles. The molecule has 0 bridgehead atoms. The maximum absolute atomic E-state index is 14.4. The third-order valence-electron chi connectivity index (χ3n) is 9.54. The van der Waals surface area contributed by atoms with Gasteiger partial charge in [-0.15, -0.1) is 0 Å². The van der Waals surface area contributed by atoms with E-state index in [1.54, 1.807) is 30.3 Å². The van der Waals surface area contributed by atoms with Gasteiger partial charge in [0.2, 0.25) is 5.88 Å². The fourth-order valence-electron chi connectivity index (χ4n) is 7.39. The van der Waals surface area contributed by atoms with Crippen molar-refractivity contribution in [1.82, 2.24) is 19.9 Å². The van der Waals surface area contributed by atoms with Crippen molar-refractivity contribution in [3.8, 4) is 17.7 Å². The highest BCUT2D eigenvalue weighted by atomic mass is 35.5. The Morgan fingerprint density at radius 2 is 1.81 bits per heavy atom. The summed E-state index contributed by atoms with van der Waals surface area (Å²) in [5, 5.41) is 10.2. The van der Waals surface area contributed by atoms with E-state index >= 15 is 0 Å². The van der Waals surface area contributed by atoms with E-state index < -0.39 is 15.6 Å². The first kappa shape index (κ1) is 31.2. The number of anilines is 2. The van der Waals surface area contributed by atoms with Crippen LogP contribution in [-0.2, 0) is 15.6 Å². The molecule has 0 N–H and O–H groups in total. The Labute approximate surface area is 279 Å². The Morgan fingerprint density at radius 3 is 2.47 bits per heavy atom.